The van der Waals surface area contributed by atoms with Crippen molar-refractivity contribution in [1.82, 2.24) is 9.62 Å². The molecule has 1 amide bonds. The van der Waals surface area contributed by atoms with Crippen LogP contribution in [0.2, 0.25) is 0 Å². The number of carbonyl (C=O) groups excluding carboxylic acids is 1. The molecule has 108 valence electrons. The van der Waals surface area contributed by atoms with Crippen LogP contribution in [-0.2, 0) is 14.8 Å². The van der Waals surface area contributed by atoms with Gasteiger partial charge in [0.2, 0.25) is 15.9 Å². The minimum Gasteiger partial charge on any atom is -0.352 e. The number of sulfonamides is 1. The lowest BCUT2D eigenvalue weighted by Crippen LogP contribution is -2.50. The van der Waals surface area contributed by atoms with E-state index in [4.69, 9.17) is 5.73 Å². The van der Waals surface area contributed by atoms with Crippen LogP contribution in [0.5, 0.6) is 0 Å². The molecule has 1 aliphatic heterocycles. The fourth-order valence-electron chi connectivity index (χ4n) is 1.81. The zero-order valence-corrected chi connectivity index (χ0v) is 12.4. The second kappa shape index (κ2) is 7.28. The first-order valence-electron chi connectivity index (χ1n) is 5.80. The molecular formula is C10H22ClN3O3S. The zero-order chi connectivity index (χ0) is 13.1. The van der Waals surface area contributed by atoms with Crippen molar-refractivity contribution in [2.45, 2.75) is 25.8 Å². The molecule has 0 spiro atoms. The van der Waals surface area contributed by atoms with Crippen LogP contribution < -0.4 is 11.1 Å². The maximum absolute atomic E-state index is 11.6. The summed E-state index contributed by atoms with van der Waals surface area (Å²) in [5.41, 5.74) is 5.41. The summed E-state index contributed by atoms with van der Waals surface area (Å²) < 4.78 is 24.2. The van der Waals surface area contributed by atoms with Gasteiger partial charge < -0.3 is 11.1 Å². The largest absolute Gasteiger partial charge is 0.352 e. The second-order valence-electron chi connectivity index (χ2n) is 4.61. The topological polar surface area (TPSA) is 92.5 Å². The number of nitrogens with zero attached hydrogens (tertiary/aromatic N) is 1. The first-order valence-corrected chi connectivity index (χ1v) is 7.65. The molecule has 2 atom stereocenters. The Labute approximate surface area is 115 Å². The number of hydrogen-bond acceptors (Lipinski definition) is 4. The smallest absolute Gasteiger partial charge is 0.224 e. The predicted molar refractivity (Wildman–Crippen MR) is 73.0 cm³/mol. The average Bonchev–Trinajstić information content (AvgIpc) is 2.27. The second-order valence-corrected chi connectivity index (χ2v) is 6.59. The van der Waals surface area contributed by atoms with E-state index in [-0.39, 0.29) is 30.3 Å². The van der Waals surface area contributed by atoms with Gasteiger partial charge in [-0.25, -0.2) is 12.7 Å². The van der Waals surface area contributed by atoms with Crippen molar-refractivity contribution in [1.29, 1.82) is 0 Å². The molecule has 0 bridgehead atoms. The molecule has 1 heterocycles. The number of nitrogens with two attached hydrogens (primary N) is 1. The van der Waals surface area contributed by atoms with Crippen LogP contribution in [0.25, 0.3) is 0 Å². The van der Waals surface area contributed by atoms with Crippen molar-refractivity contribution in [3.05, 3.63) is 0 Å². The summed E-state index contributed by atoms with van der Waals surface area (Å²) in [6.45, 7) is 2.96. The molecule has 1 aliphatic rings. The third-order valence-corrected chi connectivity index (χ3v) is 4.27. The highest BCUT2D eigenvalue weighted by Gasteiger charge is 2.27. The number of hydrogen-bond donors (Lipinski definition) is 2. The summed E-state index contributed by atoms with van der Waals surface area (Å²) in [5.74, 6) is -0.337. The molecule has 3 N–H and O–H groups in total. The predicted octanol–water partition coefficient (Wildman–Crippen LogP) is -0.457. The molecule has 6 nitrogen and oxygen atoms in total. The Morgan fingerprint density at radius 1 is 1.56 bits per heavy atom. The Kier molecular flexibility index (Phi) is 7.13. The van der Waals surface area contributed by atoms with Gasteiger partial charge >= 0.3 is 0 Å². The average molecular weight is 300 g/mol. The van der Waals surface area contributed by atoms with Crippen LogP contribution >= 0.6 is 12.4 Å². The molecule has 8 heteroatoms. The van der Waals surface area contributed by atoms with Gasteiger partial charge in [-0.1, -0.05) is 6.92 Å². The molecule has 1 fully saturated rings. The standard InChI is InChI=1S/C10H21N3O3S.ClH/c1-8(6-11)10(14)12-9-4-3-5-13(7-9)17(2,15)16;/h8-9H,3-7,11H2,1-2H3,(H,12,14);1H. The first kappa shape index (κ1) is 17.6. The van der Waals surface area contributed by atoms with Gasteiger partial charge in [0.15, 0.2) is 0 Å². The van der Waals surface area contributed by atoms with Crippen LogP contribution in [0.3, 0.4) is 0 Å². The van der Waals surface area contributed by atoms with E-state index in [9.17, 15) is 13.2 Å². The monoisotopic (exact) mass is 299 g/mol. The summed E-state index contributed by atoms with van der Waals surface area (Å²) in [7, 11) is -3.16. The molecular weight excluding hydrogens is 278 g/mol. The third kappa shape index (κ3) is 5.09. The highest BCUT2D eigenvalue weighted by atomic mass is 35.5. The third-order valence-electron chi connectivity index (χ3n) is 3.00. The molecule has 18 heavy (non-hydrogen) atoms. The number of piperidine rings is 1. The summed E-state index contributed by atoms with van der Waals surface area (Å²) >= 11 is 0. The van der Waals surface area contributed by atoms with Gasteiger partial charge in [-0.2, -0.15) is 0 Å². The van der Waals surface area contributed by atoms with Gasteiger partial charge in [0.1, 0.15) is 0 Å². The van der Waals surface area contributed by atoms with Gasteiger partial charge in [-0.3, -0.25) is 4.79 Å². The van der Waals surface area contributed by atoms with Gasteiger partial charge in [0.25, 0.3) is 0 Å². The van der Waals surface area contributed by atoms with Crippen LogP contribution in [0.4, 0.5) is 0 Å². The first-order chi connectivity index (χ1) is 7.84. The number of amides is 1. The number of nitrogens with one attached hydrogen (secondary N) is 1. The highest BCUT2D eigenvalue weighted by molar-refractivity contribution is 7.88. The van der Waals surface area contributed by atoms with Crippen LogP contribution in [0.15, 0.2) is 0 Å². The Balaban J connectivity index is 0.00000289. The number of halogens is 1. The van der Waals surface area contributed by atoms with Gasteiger partial charge in [0.05, 0.1) is 6.26 Å². The summed E-state index contributed by atoms with van der Waals surface area (Å²) in [6, 6.07) is -0.0972. The zero-order valence-electron chi connectivity index (χ0n) is 10.8. The summed E-state index contributed by atoms with van der Waals surface area (Å²) in [5, 5.41) is 2.85. The molecule has 0 aromatic carbocycles. The lowest BCUT2D eigenvalue weighted by molar-refractivity contribution is -0.125. The molecule has 1 saturated heterocycles. The SMILES string of the molecule is CC(CN)C(=O)NC1CCCN(S(C)(=O)=O)C1.Cl. The van der Waals surface area contributed by atoms with Gasteiger partial charge in [-0.15, -0.1) is 12.4 Å². The van der Waals surface area contributed by atoms with Crippen molar-refractivity contribution < 1.29 is 13.2 Å². The van der Waals surface area contributed by atoms with E-state index in [1.807, 2.05) is 0 Å². The van der Waals surface area contributed by atoms with E-state index in [1.54, 1.807) is 6.92 Å². The van der Waals surface area contributed by atoms with E-state index in [1.165, 1.54) is 10.6 Å². The quantitative estimate of drug-likeness (QED) is 0.735. The van der Waals surface area contributed by atoms with E-state index in [0.717, 1.165) is 12.8 Å². The maximum Gasteiger partial charge on any atom is 0.224 e. The Bertz CT molecular complexity index is 375. The Morgan fingerprint density at radius 3 is 2.67 bits per heavy atom. The molecule has 0 aliphatic carbocycles. The van der Waals surface area contributed by atoms with E-state index in [2.05, 4.69) is 5.32 Å². The van der Waals surface area contributed by atoms with Gasteiger partial charge in [0, 0.05) is 31.6 Å². The minimum atomic E-state index is -3.16. The Morgan fingerprint density at radius 2 is 2.17 bits per heavy atom. The minimum absolute atomic E-state index is 0. The number of rotatable bonds is 4. The van der Waals surface area contributed by atoms with E-state index >= 15 is 0 Å². The molecule has 0 saturated carbocycles. The van der Waals surface area contributed by atoms with Crippen molar-refractivity contribution >= 4 is 28.3 Å². The highest BCUT2D eigenvalue weighted by Crippen LogP contribution is 2.13. The lowest BCUT2D eigenvalue weighted by Gasteiger charge is -2.31. The molecule has 0 aromatic heterocycles. The molecule has 1 rings (SSSR count). The van der Waals surface area contributed by atoms with Crippen LogP contribution in [0, 0.1) is 5.92 Å². The summed E-state index contributed by atoms with van der Waals surface area (Å²) in [4.78, 5) is 11.6. The van der Waals surface area contributed by atoms with Crippen LogP contribution in [-0.4, -0.2) is 50.6 Å². The van der Waals surface area contributed by atoms with Crippen molar-refractivity contribution in [3.8, 4) is 0 Å². The molecule has 2 unspecified atom stereocenters. The normalized spacial score (nSPS) is 22.9. The Hall–Kier alpha value is -0.370. The van der Waals surface area contributed by atoms with E-state index < -0.39 is 10.0 Å². The fraction of sp³-hybridized carbons (Fsp3) is 0.900. The van der Waals surface area contributed by atoms with Gasteiger partial charge in [-0.05, 0) is 12.8 Å². The van der Waals surface area contributed by atoms with Crippen molar-refractivity contribution in [3.63, 3.8) is 0 Å². The molecule has 0 aromatic rings. The van der Waals surface area contributed by atoms with Crippen LogP contribution in [0.1, 0.15) is 19.8 Å². The fourth-order valence-corrected chi connectivity index (χ4v) is 2.72. The maximum atomic E-state index is 11.6. The molecule has 0 radical (unpaired) electrons. The van der Waals surface area contributed by atoms with Crippen molar-refractivity contribution in [2.75, 3.05) is 25.9 Å². The summed E-state index contributed by atoms with van der Waals surface area (Å²) in [6.07, 6.45) is 2.78. The van der Waals surface area contributed by atoms with E-state index in [0.29, 0.717) is 19.6 Å². The van der Waals surface area contributed by atoms with Crippen molar-refractivity contribution in [2.24, 2.45) is 11.7 Å². The lowest BCUT2D eigenvalue weighted by atomic mass is 10.1. The number of carbonyl (C=O) groups is 1.